The standard InChI is InChI=1S/C17H15N3O4S2/c1-19-14-7-4-12(8-15(14)26-17(19)22)18-16(21)10-25-9-11-2-5-13(6-3-11)20(23)24/h2-8H,9-10H2,1H3,(H,18,21). The van der Waals surface area contributed by atoms with E-state index in [2.05, 4.69) is 5.32 Å². The van der Waals surface area contributed by atoms with E-state index in [0.29, 0.717) is 11.4 Å². The molecule has 0 bridgehead atoms. The van der Waals surface area contributed by atoms with Crippen molar-refractivity contribution < 1.29 is 9.72 Å². The molecule has 3 rings (SSSR count). The number of thiazole rings is 1. The second-order valence-electron chi connectivity index (χ2n) is 5.57. The summed E-state index contributed by atoms with van der Waals surface area (Å²) >= 11 is 2.57. The Kier molecular flexibility index (Phi) is 5.38. The molecule has 134 valence electrons. The van der Waals surface area contributed by atoms with Gasteiger partial charge in [0.2, 0.25) is 5.91 Å². The maximum absolute atomic E-state index is 12.1. The number of non-ortho nitro benzene ring substituents is 1. The third-order valence-electron chi connectivity index (χ3n) is 3.73. The van der Waals surface area contributed by atoms with Crippen molar-refractivity contribution in [1.29, 1.82) is 0 Å². The number of amides is 1. The van der Waals surface area contributed by atoms with Gasteiger partial charge in [-0.2, -0.15) is 0 Å². The fourth-order valence-electron chi connectivity index (χ4n) is 2.38. The number of aryl methyl sites for hydroxylation is 1. The van der Waals surface area contributed by atoms with Crippen LogP contribution in [0.25, 0.3) is 10.2 Å². The van der Waals surface area contributed by atoms with Gasteiger partial charge in [0.1, 0.15) is 0 Å². The number of benzene rings is 2. The van der Waals surface area contributed by atoms with Gasteiger partial charge in [0.15, 0.2) is 0 Å². The molecule has 0 saturated heterocycles. The van der Waals surface area contributed by atoms with Crippen LogP contribution in [0.2, 0.25) is 0 Å². The van der Waals surface area contributed by atoms with Crippen molar-refractivity contribution >= 4 is 50.6 Å². The number of fused-ring (bicyclic) bond motifs is 1. The molecule has 7 nitrogen and oxygen atoms in total. The predicted octanol–water partition coefficient (Wildman–Crippen LogP) is 3.38. The van der Waals surface area contributed by atoms with Crippen LogP contribution in [0.4, 0.5) is 11.4 Å². The van der Waals surface area contributed by atoms with Crippen LogP contribution in [-0.2, 0) is 17.6 Å². The third-order valence-corrected chi connectivity index (χ3v) is 5.72. The molecule has 2 aromatic carbocycles. The first kappa shape index (κ1) is 18.2. The molecule has 1 N–H and O–H groups in total. The van der Waals surface area contributed by atoms with Crippen LogP contribution >= 0.6 is 23.1 Å². The molecule has 0 spiro atoms. The average molecular weight is 389 g/mol. The Labute approximate surface area is 156 Å². The molecular weight excluding hydrogens is 374 g/mol. The summed E-state index contributed by atoms with van der Waals surface area (Å²) in [6, 6.07) is 11.7. The number of nitro benzene ring substituents is 1. The molecule has 1 heterocycles. The molecule has 0 aliphatic carbocycles. The van der Waals surface area contributed by atoms with Crippen molar-refractivity contribution in [1.82, 2.24) is 4.57 Å². The Morgan fingerprint density at radius 2 is 2.00 bits per heavy atom. The predicted molar refractivity (Wildman–Crippen MR) is 105 cm³/mol. The Morgan fingerprint density at radius 1 is 1.27 bits per heavy atom. The number of thioether (sulfide) groups is 1. The average Bonchev–Trinajstić information content (AvgIpc) is 2.89. The van der Waals surface area contributed by atoms with Crippen LogP contribution in [0.1, 0.15) is 5.56 Å². The van der Waals surface area contributed by atoms with Gasteiger partial charge in [-0.15, -0.1) is 11.8 Å². The number of rotatable bonds is 6. The van der Waals surface area contributed by atoms with Gasteiger partial charge in [-0.25, -0.2) is 0 Å². The number of hydrogen-bond acceptors (Lipinski definition) is 6. The van der Waals surface area contributed by atoms with E-state index in [0.717, 1.165) is 27.1 Å². The van der Waals surface area contributed by atoms with Gasteiger partial charge in [-0.3, -0.25) is 19.7 Å². The molecule has 0 aliphatic rings. The third kappa shape index (κ3) is 4.12. The highest BCUT2D eigenvalue weighted by molar-refractivity contribution is 7.99. The minimum Gasteiger partial charge on any atom is -0.325 e. The zero-order valence-corrected chi connectivity index (χ0v) is 15.4. The molecule has 3 aromatic rings. The highest BCUT2D eigenvalue weighted by Gasteiger charge is 2.08. The fraction of sp³-hybridized carbons (Fsp3) is 0.176. The molecule has 0 unspecified atom stereocenters. The lowest BCUT2D eigenvalue weighted by Gasteiger charge is -2.06. The summed E-state index contributed by atoms with van der Waals surface area (Å²) in [6.45, 7) is 0. The molecule has 9 heteroatoms. The second kappa shape index (κ2) is 7.71. The van der Waals surface area contributed by atoms with Gasteiger partial charge in [-0.1, -0.05) is 23.5 Å². The first-order chi connectivity index (χ1) is 12.4. The van der Waals surface area contributed by atoms with E-state index in [1.165, 1.54) is 23.9 Å². The van der Waals surface area contributed by atoms with Gasteiger partial charge in [0.25, 0.3) is 5.69 Å². The lowest BCUT2D eigenvalue weighted by Crippen LogP contribution is -2.14. The lowest BCUT2D eigenvalue weighted by atomic mass is 10.2. The van der Waals surface area contributed by atoms with E-state index in [1.807, 2.05) is 6.07 Å². The van der Waals surface area contributed by atoms with Gasteiger partial charge in [-0.05, 0) is 23.8 Å². The van der Waals surface area contributed by atoms with Crippen LogP contribution in [0.15, 0.2) is 47.3 Å². The first-order valence-corrected chi connectivity index (χ1v) is 9.61. The highest BCUT2D eigenvalue weighted by Crippen LogP contribution is 2.22. The molecule has 0 atom stereocenters. The smallest absolute Gasteiger partial charge is 0.307 e. The maximum Gasteiger partial charge on any atom is 0.307 e. The largest absolute Gasteiger partial charge is 0.325 e. The lowest BCUT2D eigenvalue weighted by molar-refractivity contribution is -0.384. The van der Waals surface area contributed by atoms with Gasteiger partial charge >= 0.3 is 4.87 Å². The molecule has 0 aliphatic heterocycles. The summed E-state index contributed by atoms with van der Waals surface area (Å²) in [7, 11) is 1.72. The van der Waals surface area contributed by atoms with Crippen LogP contribution in [0.3, 0.4) is 0 Å². The second-order valence-corrected chi connectivity index (χ2v) is 7.55. The van der Waals surface area contributed by atoms with Crippen molar-refractivity contribution in [3.8, 4) is 0 Å². The maximum atomic E-state index is 12.1. The van der Waals surface area contributed by atoms with Gasteiger partial charge < -0.3 is 9.88 Å². The molecule has 0 saturated carbocycles. The number of carbonyl (C=O) groups is 1. The summed E-state index contributed by atoms with van der Waals surface area (Å²) in [5.41, 5.74) is 2.46. The minimum atomic E-state index is -0.440. The number of aromatic nitrogens is 1. The van der Waals surface area contributed by atoms with Gasteiger partial charge in [0.05, 0.1) is 20.9 Å². The van der Waals surface area contributed by atoms with E-state index in [9.17, 15) is 19.7 Å². The van der Waals surface area contributed by atoms with E-state index in [4.69, 9.17) is 0 Å². The monoisotopic (exact) mass is 389 g/mol. The number of nitrogens with zero attached hydrogens (tertiary/aromatic N) is 2. The van der Waals surface area contributed by atoms with E-state index in [1.54, 1.807) is 35.9 Å². The van der Waals surface area contributed by atoms with Crippen LogP contribution in [0.5, 0.6) is 0 Å². The summed E-state index contributed by atoms with van der Waals surface area (Å²) in [5.74, 6) is 0.713. The van der Waals surface area contributed by atoms with Gasteiger partial charge in [0, 0.05) is 30.6 Å². The summed E-state index contributed by atoms with van der Waals surface area (Å²) < 4.78 is 2.40. The molecule has 1 aromatic heterocycles. The minimum absolute atomic E-state index is 0.0397. The van der Waals surface area contributed by atoms with Crippen molar-refractivity contribution in [3.63, 3.8) is 0 Å². The number of carbonyl (C=O) groups excluding carboxylic acids is 1. The van der Waals surface area contributed by atoms with Crippen LogP contribution < -0.4 is 10.2 Å². The number of hydrogen-bond donors (Lipinski definition) is 1. The van der Waals surface area contributed by atoms with E-state index >= 15 is 0 Å². The Hall–Kier alpha value is -2.65. The molecule has 0 fully saturated rings. The molecular formula is C17H15N3O4S2. The number of nitrogens with one attached hydrogen (secondary N) is 1. The van der Waals surface area contributed by atoms with E-state index in [-0.39, 0.29) is 22.2 Å². The van der Waals surface area contributed by atoms with Crippen molar-refractivity contribution in [2.24, 2.45) is 7.05 Å². The Morgan fingerprint density at radius 3 is 2.69 bits per heavy atom. The summed E-state index contributed by atoms with van der Waals surface area (Å²) in [6.07, 6.45) is 0. The summed E-state index contributed by atoms with van der Waals surface area (Å²) in [5, 5.41) is 13.4. The first-order valence-electron chi connectivity index (χ1n) is 7.64. The highest BCUT2D eigenvalue weighted by atomic mass is 32.2. The van der Waals surface area contributed by atoms with Crippen molar-refractivity contribution in [2.75, 3.05) is 11.1 Å². The molecule has 1 amide bonds. The summed E-state index contributed by atoms with van der Waals surface area (Å²) in [4.78, 5) is 33.9. The number of nitro groups is 1. The number of anilines is 1. The van der Waals surface area contributed by atoms with Crippen molar-refractivity contribution in [3.05, 3.63) is 67.8 Å². The molecule has 0 radical (unpaired) electrons. The quantitative estimate of drug-likeness (QED) is 0.515. The molecule has 26 heavy (non-hydrogen) atoms. The zero-order chi connectivity index (χ0) is 18.7. The Balaban J connectivity index is 1.54. The SMILES string of the molecule is Cn1c(=O)sc2cc(NC(=O)CSCc3ccc([N+](=O)[O-])cc3)ccc21. The van der Waals surface area contributed by atoms with Crippen molar-refractivity contribution in [2.45, 2.75) is 5.75 Å². The topological polar surface area (TPSA) is 94.2 Å². The fourth-order valence-corrected chi connectivity index (χ4v) is 4.09. The van der Waals surface area contributed by atoms with E-state index < -0.39 is 4.92 Å². The van der Waals surface area contributed by atoms with Crippen LogP contribution in [0, 0.1) is 10.1 Å². The van der Waals surface area contributed by atoms with Crippen LogP contribution in [-0.4, -0.2) is 21.2 Å². The Bertz CT molecular complexity index is 1020. The normalized spacial score (nSPS) is 10.8. The zero-order valence-electron chi connectivity index (χ0n) is 13.8.